The fourth-order valence-corrected chi connectivity index (χ4v) is 3.59. The third kappa shape index (κ3) is 6.98. The number of benzene rings is 3. The monoisotopic (exact) mass is 568 g/mol. The van der Waals surface area contributed by atoms with E-state index in [1.54, 1.807) is 0 Å². The normalized spacial score (nSPS) is 12.7. The SMILES string of the molecule is CCC.CCCC.[B]N1C(=O)c2ccc(C(=O)Oc3ccc(OC(=O)c4ccc5c(c4)C(=O)NC5=O)cc3)cc2C1=O. The van der Waals surface area contributed by atoms with Crippen molar-refractivity contribution in [2.45, 2.75) is 47.0 Å². The summed E-state index contributed by atoms with van der Waals surface area (Å²) >= 11 is 0. The van der Waals surface area contributed by atoms with Crippen LogP contribution in [0.25, 0.3) is 0 Å². The van der Waals surface area contributed by atoms with Gasteiger partial charge in [0.2, 0.25) is 19.8 Å². The summed E-state index contributed by atoms with van der Waals surface area (Å²) in [5, 5.41) is 2.14. The van der Waals surface area contributed by atoms with Crippen molar-refractivity contribution in [2.24, 2.45) is 0 Å². The number of rotatable bonds is 5. The van der Waals surface area contributed by atoms with E-state index in [1.165, 1.54) is 79.9 Å². The number of fused-ring (bicyclic) bond motifs is 2. The molecule has 4 amide bonds. The van der Waals surface area contributed by atoms with E-state index in [2.05, 4.69) is 33.0 Å². The fraction of sp³-hybridized carbons (Fsp3) is 0.226. The number of nitrogens with one attached hydrogen (secondary N) is 1. The summed E-state index contributed by atoms with van der Waals surface area (Å²) in [6, 6.07) is 13.4. The van der Waals surface area contributed by atoms with Gasteiger partial charge in [-0.25, -0.2) is 9.59 Å². The minimum absolute atomic E-state index is 0.00242. The molecule has 0 aliphatic carbocycles. The molecule has 2 aliphatic heterocycles. The molecule has 0 aromatic heterocycles. The zero-order valence-corrected chi connectivity index (χ0v) is 23.7. The molecule has 2 heterocycles. The number of imide groups is 2. The van der Waals surface area contributed by atoms with Crippen LogP contribution in [-0.2, 0) is 0 Å². The first-order valence-electron chi connectivity index (χ1n) is 13.4. The van der Waals surface area contributed by atoms with Gasteiger partial charge in [-0.3, -0.25) is 24.5 Å². The van der Waals surface area contributed by atoms with Gasteiger partial charge in [0.1, 0.15) is 11.5 Å². The number of carbonyl (C=O) groups excluding carboxylic acids is 6. The van der Waals surface area contributed by atoms with Crippen molar-refractivity contribution >= 4 is 43.5 Å². The molecule has 42 heavy (non-hydrogen) atoms. The van der Waals surface area contributed by atoms with Crippen LogP contribution in [0.3, 0.4) is 0 Å². The lowest BCUT2D eigenvalue weighted by molar-refractivity contribution is 0.0719. The van der Waals surface area contributed by atoms with Crippen LogP contribution >= 0.6 is 0 Å². The second kappa shape index (κ2) is 14.0. The molecular weight excluding hydrogens is 539 g/mol. The number of hydrogen-bond acceptors (Lipinski definition) is 8. The lowest BCUT2D eigenvalue weighted by Gasteiger charge is -2.08. The molecule has 214 valence electrons. The van der Waals surface area contributed by atoms with E-state index in [-0.39, 0.29) is 44.9 Å². The highest BCUT2D eigenvalue weighted by Crippen LogP contribution is 2.25. The maximum atomic E-state index is 12.5. The molecular formula is C31H29BN2O8. The Kier molecular flexibility index (Phi) is 10.5. The predicted octanol–water partition coefficient (Wildman–Crippen LogP) is 4.91. The van der Waals surface area contributed by atoms with E-state index >= 15 is 0 Å². The number of ether oxygens (including phenoxy) is 2. The molecule has 5 rings (SSSR count). The third-order valence-corrected chi connectivity index (χ3v) is 5.87. The Balaban J connectivity index is 0.000000627. The molecule has 3 aromatic rings. The van der Waals surface area contributed by atoms with Gasteiger partial charge in [-0.15, -0.1) is 0 Å². The second-order valence-corrected chi connectivity index (χ2v) is 9.24. The zero-order valence-electron chi connectivity index (χ0n) is 23.7. The van der Waals surface area contributed by atoms with Crippen molar-refractivity contribution in [3.8, 4) is 11.5 Å². The number of unbranched alkanes of at least 4 members (excludes halogenated alkanes) is 1. The lowest BCUT2D eigenvalue weighted by Crippen LogP contribution is -2.26. The molecule has 11 heteroatoms. The number of hydrogen-bond donors (Lipinski definition) is 1. The number of nitrogens with zero attached hydrogens (tertiary/aromatic N) is 1. The first kappa shape index (κ1) is 31.5. The van der Waals surface area contributed by atoms with E-state index in [0.29, 0.717) is 4.81 Å². The average Bonchev–Trinajstić information content (AvgIpc) is 3.40. The van der Waals surface area contributed by atoms with E-state index in [9.17, 15) is 28.8 Å². The second-order valence-electron chi connectivity index (χ2n) is 9.24. The standard InChI is InChI=1S/C24H11BN2O8.C4H10.C3H8/c25-27-21(30)16-8-2-12(10-18(16)22(27)31)24(33)35-14-5-3-13(4-6-14)34-23(32)11-1-7-15-17(9-11)20(29)26-19(15)28;1-3-4-2;1-3-2/h1-10H,(H,26,28,29);3-4H2,1-2H3;3H2,1-2H3. The largest absolute Gasteiger partial charge is 0.423 e. The van der Waals surface area contributed by atoms with Gasteiger partial charge in [-0.2, -0.15) is 0 Å². The lowest BCUT2D eigenvalue weighted by atomic mass is 10.1. The zero-order chi connectivity index (χ0) is 31.0. The summed E-state index contributed by atoms with van der Waals surface area (Å²) in [6.45, 7) is 8.61. The molecule has 1 N–H and O–H groups in total. The minimum atomic E-state index is -0.778. The maximum Gasteiger partial charge on any atom is 0.343 e. The smallest absolute Gasteiger partial charge is 0.343 e. The van der Waals surface area contributed by atoms with Gasteiger partial charge < -0.3 is 14.3 Å². The summed E-state index contributed by atoms with van der Waals surface area (Å²) in [4.78, 5) is 72.6. The van der Waals surface area contributed by atoms with E-state index < -0.39 is 35.6 Å². The van der Waals surface area contributed by atoms with Crippen LogP contribution < -0.4 is 14.8 Å². The van der Waals surface area contributed by atoms with Crippen LogP contribution in [0.2, 0.25) is 0 Å². The molecule has 0 fully saturated rings. The highest BCUT2D eigenvalue weighted by atomic mass is 16.5. The van der Waals surface area contributed by atoms with Crippen molar-refractivity contribution in [1.29, 1.82) is 0 Å². The number of esters is 2. The molecule has 2 aliphatic rings. The molecule has 0 spiro atoms. The first-order chi connectivity index (χ1) is 20.1. The molecule has 2 radical (unpaired) electrons. The highest BCUT2D eigenvalue weighted by molar-refractivity contribution is 6.36. The Hall–Kier alpha value is -5.06. The minimum Gasteiger partial charge on any atom is -0.423 e. The van der Waals surface area contributed by atoms with Crippen LogP contribution in [0.5, 0.6) is 11.5 Å². The van der Waals surface area contributed by atoms with E-state index in [4.69, 9.17) is 17.5 Å². The van der Waals surface area contributed by atoms with Gasteiger partial charge in [-0.1, -0.05) is 47.0 Å². The average molecular weight is 568 g/mol. The van der Waals surface area contributed by atoms with Crippen molar-refractivity contribution in [1.82, 2.24) is 10.1 Å². The van der Waals surface area contributed by atoms with E-state index in [1.807, 2.05) is 0 Å². The Morgan fingerprint density at radius 2 is 1.05 bits per heavy atom. The van der Waals surface area contributed by atoms with Crippen LogP contribution in [0.1, 0.15) is 109 Å². The van der Waals surface area contributed by atoms with Gasteiger partial charge in [0, 0.05) is 0 Å². The quantitative estimate of drug-likeness (QED) is 0.199. The van der Waals surface area contributed by atoms with Crippen molar-refractivity contribution < 1.29 is 38.2 Å². The summed E-state index contributed by atoms with van der Waals surface area (Å²) in [5.74, 6) is -3.77. The Morgan fingerprint density at radius 1 is 0.643 bits per heavy atom. The molecule has 0 unspecified atom stereocenters. The topological polar surface area (TPSA) is 136 Å². The van der Waals surface area contributed by atoms with Crippen molar-refractivity contribution in [2.75, 3.05) is 0 Å². The number of carbonyl (C=O) groups is 6. The predicted molar refractivity (Wildman–Crippen MR) is 154 cm³/mol. The summed E-state index contributed by atoms with van der Waals surface area (Å²) in [6.07, 6.45) is 3.89. The van der Waals surface area contributed by atoms with Crippen LogP contribution in [0.4, 0.5) is 0 Å². The Bertz CT molecular complexity index is 1550. The van der Waals surface area contributed by atoms with Crippen molar-refractivity contribution in [3.63, 3.8) is 0 Å². The molecule has 0 saturated heterocycles. The van der Waals surface area contributed by atoms with Gasteiger partial charge in [0.05, 0.1) is 33.4 Å². The molecule has 0 saturated carbocycles. The third-order valence-electron chi connectivity index (χ3n) is 5.87. The fourth-order valence-electron chi connectivity index (χ4n) is 3.59. The van der Waals surface area contributed by atoms with Crippen LogP contribution in [0.15, 0.2) is 60.7 Å². The van der Waals surface area contributed by atoms with Gasteiger partial charge in [0.25, 0.3) is 11.8 Å². The summed E-state index contributed by atoms with van der Waals surface area (Å²) in [7, 11) is 5.39. The van der Waals surface area contributed by atoms with Gasteiger partial charge in [-0.05, 0) is 60.7 Å². The first-order valence-corrected chi connectivity index (χ1v) is 13.4. The maximum absolute atomic E-state index is 12.5. The molecule has 3 aromatic carbocycles. The van der Waals surface area contributed by atoms with Gasteiger partial charge >= 0.3 is 11.9 Å². The molecule has 0 bridgehead atoms. The molecule has 0 atom stereocenters. The summed E-state index contributed by atoms with van der Waals surface area (Å²) in [5.41, 5.74) is 0.471. The Morgan fingerprint density at radius 3 is 1.52 bits per heavy atom. The molecule has 10 nitrogen and oxygen atoms in total. The summed E-state index contributed by atoms with van der Waals surface area (Å²) < 4.78 is 10.5. The van der Waals surface area contributed by atoms with Crippen molar-refractivity contribution in [3.05, 3.63) is 94.0 Å². The number of amides is 4. The Labute approximate surface area is 244 Å². The van der Waals surface area contributed by atoms with Gasteiger partial charge in [0.15, 0.2) is 0 Å². The highest BCUT2D eigenvalue weighted by Gasteiger charge is 2.33. The van der Waals surface area contributed by atoms with Crippen LogP contribution in [0, 0.1) is 0 Å². The van der Waals surface area contributed by atoms with E-state index in [0.717, 1.165) is 0 Å². The van der Waals surface area contributed by atoms with Crippen LogP contribution in [-0.4, -0.2) is 48.4 Å².